The Kier molecular flexibility index (Phi) is 7.11. The molecule has 1 aliphatic heterocycles. The van der Waals surface area contributed by atoms with Crippen molar-refractivity contribution >= 4 is 11.8 Å². The Bertz CT molecular complexity index is 777. The molecule has 1 fully saturated rings. The minimum absolute atomic E-state index is 0.0581. The van der Waals surface area contributed by atoms with Crippen LogP contribution < -0.4 is 5.32 Å². The van der Waals surface area contributed by atoms with E-state index in [0.29, 0.717) is 30.9 Å². The predicted octanol–water partition coefficient (Wildman–Crippen LogP) is 2.21. The first-order valence-corrected chi connectivity index (χ1v) is 10.1. The van der Waals surface area contributed by atoms with Gasteiger partial charge in [0.25, 0.3) is 5.91 Å². The van der Waals surface area contributed by atoms with E-state index in [0.717, 1.165) is 25.7 Å². The number of amides is 2. The molecule has 1 saturated heterocycles. The molecule has 1 unspecified atom stereocenters. The zero-order valence-electron chi connectivity index (χ0n) is 16.4. The smallest absolute Gasteiger partial charge is 0.256 e. The molecule has 8 heteroatoms. The molecule has 1 aromatic carbocycles. The Morgan fingerprint density at radius 2 is 2.07 bits per heavy atom. The molecule has 0 radical (unpaired) electrons. The maximum absolute atomic E-state index is 13.1. The summed E-state index contributed by atoms with van der Waals surface area (Å²) in [5.74, 6) is -0.182. The lowest BCUT2D eigenvalue weighted by atomic mass is 9.96. The Labute approximate surface area is 165 Å². The number of aromatic nitrogens is 4. The van der Waals surface area contributed by atoms with Gasteiger partial charge >= 0.3 is 0 Å². The number of para-hydroxylation sites is 1. The fourth-order valence-electron chi connectivity index (χ4n) is 3.58. The second kappa shape index (κ2) is 9.96. The Morgan fingerprint density at radius 3 is 2.86 bits per heavy atom. The van der Waals surface area contributed by atoms with E-state index in [-0.39, 0.29) is 17.7 Å². The van der Waals surface area contributed by atoms with E-state index < -0.39 is 0 Å². The number of carbonyl (C=O) groups excluding carboxylic acids is 2. The number of nitrogens with one attached hydrogen (secondary N) is 1. The van der Waals surface area contributed by atoms with Crippen LogP contribution in [-0.4, -0.2) is 56.6 Å². The summed E-state index contributed by atoms with van der Waals surface area (Å²) < 4.78 is 1.48. The molecule has 2 heterocycles. The summed E-state index contributed by atoms with van der Waals surface area (Å²) in [6, 6.07) is 7.26. The van der Waals surface area contributed by atoms with E-state index in [4.69, 9.17) is 0 Å². The number of tetrazole rings is 1. The molecule has 3 rings (SSSR count). The highest BCUT2D eigenvalue weighted by Crippen LogP contribution is 2.21. The molecule has 150 valence electrons. The molecule has 8 nitrogen and oxygen atoms in total. The second-order valence-corrected chi connectivity index (χ2v) is 7.21. The van der Waals surface area contributed by atoms with Crippen LogP contribution >= 0.6 is 0 Å². The summed E-state index contributed by atoms with van der Waals surface area (Å²) in [7, 11) is 0. The number of benzene rings is 1. The van der Waals surface area contributed by atoms with Gasteiger partial charge in [0, 0.05) is 19.6 Å². The van der Waals surface area contributed by atoms with E-state index >= 15 is 0 Å². The van der Waals surface area contributed by atoms with Crippen LogP contribution in [0.15, 0.2) is 30.6 Å². The van der Waals surface area contributed by atoms with Gasteiger partial charge in [0.2, 0.25) is 5.91 Å². The molecule has 28 heavy (non-hydrogen) atoms. The highest BCUT2D eigenvalue weighted by atomic mass is 16.2. The predicted molar refractivity (Wildman–Crippen MR) is 105 cm³/mol. The molecule has 2 amide bonds. The van der Waals surface area contributed by atoms with Crippen molar-refractivity contribution in [1.29, 1.82) is 0 Å². The van der Waals surface area contributed by atoms with E-state index in [2.05, 4.69) is 27.8 Å². The lowest BCUT2D eigenvalue weighted by Gasteiger charge is -2.32. The van der Waals surface area contributed by atoms with Crippen LogP contribution in [-0.2, 0) is 4.79 Å². The first-order valence-electron chi connectivity index (χ1n) is 10.1. The van der Waals surface area contributed by atoms with Crippen LogP contribution in [0.2, 0.25) is 0 Å². The second-order valence-electron chi connectivity index (χ2n) is 7.21. The monoisotopic (exact) mass is 384 g/mol. The van der Waals surface area contributed by atoms with Crippen LogP contribution in [0.4, 0.5) is 0 Å². The van der Waals surface area contributed by atoms with Gasteiger partial charge in [-0.25, -0.2) is 0 Å². The molecule has 1 aliphatic rings. The van der Waals surface area contributed by atoms with Crippen molar-refractivity contribution in [2.75, 3.05) is 19.6 Å². The standard InChI is InChI=1S/C20H28N6O2/c1-2-3-4-7-12-21-19(27)16-9-8-13-25(14-16)20(28)17-10-5-6-11-18(17)26-15-22-23-24-26/h5-6,10-11,15-16H,2-4,7-9,12-14H2,1H3,(H,21,27). The van der Waals surface area contributed by atoms with Crippen LogP contribution in [0.1, 0.15) is 55.8 Å². The SMILES string of the molecule is CCCCCCNC(=O)C1CCCN(C(=O)c2ccccc2-n2cnnn2)C1. The lowest BCUT2D eigenvalue weighted by Crippen LogP contribution is -2.45. The minimum atomic E-state index is -0.149. The number of unbranched alkanes of at least 4 members (excludes halogenated alkanes) is 3. The third kappa shape index (κ3) is 4.94. The summed E-state index contributed by atoms with van der Waals surface area (Å²) in [5.41, 5.74) is 1.18. The molecule has 1 atom stereocenters. The normalized spacial score (nSPS) is 16.8. The molecule has 0 aliphatic carbocycles. The van der Waals surface area contributed by atoms with E-state index in [1.165, 1.54) is 23.9 Å². The van der Waals surface area contributed by atoms with Crippen LogP contribution in [0.3, 0.4) is 0 Å². The number of hydrogen-bond donors (Lipinski definition) is 1. The number of piperidine rings is 1. The van der Waals surface area contributed by atoms with Crippen LogP contribution in [0, 0.1) is 5.92 Å². The van der Waals surface area contributed by atoms with Gasteiger partial charge in [0.15, 0.2) is 0 Å². The zero-order valence-corrected chi connectivity index (χ0v) is 16.4. The minimum Gasteiger partial charge on any atom is -0.356 e. The average Bonchev–Trinajstić information content (AvgIpc) is 3.28. The quantitative estimate of drug-likeness (QED) is 0.705. The largest absolute Gasteiger partial charge is 0.356 e. The molecule has 1 N–H and O–H groups in total. The third-order valence-corrected chi connectivity index (χ3v) is 5.14. The average molecular weight is 384 g/mol. The van der Waals surface area contributed by atoms with Gasteiger partial charge in [0.1, 0.15) is 6.33 Å². The first kappa shape index (κ1) is 20.0. The highest BCUT2D eigenvalue weighted by molar-refractivity contribution is 5.98. The summed E-state index contributed by atoms with van der Waals surface area (Å²) in [6.45, 7) is 3.99. The topological polar surface area (TPSA) is 93.0 Å². The summed E-state index contributed by atoms with van der Waals surface area (Å²) in [4.78, 5) is 27.4. The van der Waals surface area contributed by atoms with Crippen molar-refractivity contribution in [3.8, 4) is 5.69 Å². The Morgan fingerprint density at radius 1 is 1.21 bits per heavy atom. The number of nitrogens with zero attached hydrogens (tertiary/aromatic N) is 5. The third-order valence-electron chi connectivity index (χ3n) is 5.14. The summed E-state index contributed by atoms with van der Waals surface area (Å²) in [5, 5.41) is 14.2. The number of likely N-dealkylation sites (tertiary alicyclic amines) is 1. The molecular formula is C20H28N6O2. The Hall–Kier alpha value is -2.77. The summed E-state index contributed by atoms with van der Waals surface area (Å²) >= 11 is 0. The number of rotatable bonds is 8. The van der Waals surface area contributed by atoms with E-state index in [1.807, 2.05) is 18.2 Å². The van der Waals surface area contributed by atoms with Gasteiger partial charge in [-0.1, -0.05) is 38.3 Å². The van der Waals surface area contributed by atoms with Gasteiger partial charge in [-0.15, -0.1) is 5.10 Å². The highest BCUT2D eigenvalue weighted by Gasteiger charge is 2.29. The van der Waals surface area contributed by atoms with E-state index in [9.17, 15) is 9.59 Å². The maximum atomic E-state index is 13.1. The van der Waals surface area contributed by atoms with Crippen molar-refractivity contribution in [3.05, 3.63) is 36.2 Å². The van der Waals surface area contributed by atoms with E-state index in [1.54, 1.807) is 11.0 Å². The molecule has 0 spiro atoms. The number of hydrogen-bond acceptors (Lipinski definition) is 5. The fraction of sp³-hybridized carbons (Fsp3) is 0.550. The van der Waals surface area contributed by atoms with Gasteiger partial charge in [-0.3, -0.25) is 9.59 Å². The fourth-order valence-corrected chi connectivity index (χ4v) is 3.58. The zero-order chi connectivity index (χ0) is 19.8. The van der Waals surface area contributed by atoms with Gasteiger partial charge in [-0.05, 0) is 41.8 Å². The molecule has 1 aromatic heterocycles. The van der Waals surface area contributed by atoms with Crippen molar-refractivity contribution in [2.24, 2.45) is 5.92 Å². The lowest BCUT2D eigenvalue weighted by molar-refractivity contribution is -0.126. The van der Waals surface area contributed by atoms with Gasteiger partial charge in [0.05, 0.1) is 17.2 Å². The maximum Gasteiger partial charge on any atom is 0.256 e. The molecule has 2 aromatic rings. The molecule has 0 bridgehead atoms. The van der Waals surface area contributed by atoms with Crippen molar-refractivity contribution < 1.29 is 9.59 Å². The number of carbonyl (C=O) groups is 2. The van der Waals surface area contributed by atoms with Crippen LogP contribution in [0.5, 0.6) is 0 Å². The van der Waals surface area contributed by atoms with Crippen molar-refractivity contribution in [3.63, 3.8) is 0 Å². The van der Waals surface area contributed by atoms with Crippen molar-refractivity contribution in [2.45, 2.75) is 45.4 Å². The Balaban J connectivity index is 1.62. The molecular weight excluding hydrogens is 356 g/mol. The molecule has 0 saturated carbocycles. The first-order chi connectivity index (χ1) is 13.7. The van der Waals surface area contributed by atoms with Crippen LogP contribution in [0.25, 0.3) is 5.69 Å². The summed E-state index contributed by atoms with van der Waals surface area (Å²) in [6.07, 6.45) is 7.64. The van der Waals surface area contributed by atoms with Crippen molar-refractivity contribution in [1.82, 2.24) is 30.4 Å². The van der Waals surface area contributed by atoms with Gasteiger partial charge in [-0.2, -0.15) is 4.68 Å². The van der Waals surface area contributed by atoms with Gasteiger partial charge < -0.3 is 10.2 Å².